The molecule has 0 radical (unpaired) electrons. The zero-order valence-corrected chi connectivity index (χ0v) is 10.8. The molecule has 1 aliphatic rings. The van der Waals surface area contributed by atoms with Gasteiger partial charge in [-0.1, -0.05) is 0 Å². The van der Waals surface area contributed by atoms with E-state index in [1.54, 1.807) is 4.68 Å². The molecule has 0 aromatic carbocycles. The highest BCUT2D eigenvalue weighted by atomic mass is 16.3. The molecule has 0 saturated carbocycles. The summed E-state index contributed by atoms with van der Waals surface area (Å²) < 4.78 is 1.69. The Kier molecular flexibility index (Phi) is 3.98. The maximum atomic E-state index is 11.8. The van der Waals surface area contributed by atoms with Crippen molar-refractivity contribution < 1.29 is 9.90 Å². The van der Waals surface area contributed by atoms with E-state index in [-0.39, 0.29) is 24.5 Å². The van der Waals surface area contributed by atoms with Gasteiger partial charge in [-0.05, 0) is 19.9 Å². The van der Waals surface area contributed by atoms with Crippen molar-refractivity contribution in [2.75, 3.05) is 19.6 Å². The summed E-state index contributed by atoms with van der Waals surface area (Å²) in [5, 5.41) is 19.8. The Morgan fingerprint density at radius 2 is 2.39 bits per heavy atom. The van der Waals surface area contributed by atoms with Crippen molar-refractivity contribution in [1.29, 1.82) is 0 Å². The average Bonchev–Trinajstić information content (AvgIpc) is 2.83. The van der Waals surface area contributed by atoms with Crippen LogP contribution in [0.4, 0.5) is 0 Å². The molecule has 18 heavy (non-hydrogen) atoms. The average molecular weight is 252 g/mol. The van der Waals surface area contributed by atoms with Gasteiger partial charge in [0.15, 0.2) is 0 Å². The Labute approximate surface area is 106 Å². The summed E-state index contributed by atoms with van der Waals surface area (Å²) in [4.78, 5) is 11.8. The summed E-state index contributed by atoms with van der Waals surface area (Å²) in [6, 6.07) is 1.94. The molecular formula is C12H20N4O2. The van der Waals surface area contributed by atoms with Crippen molar-refractivity contribution in [3.05, 3.63) is 17.5 Å². The van der Waals surface area contributed by atoms with Gasteiger partial charge in [-0.15, -0.1) is 0 Å². The monoisotopic (exact) mass is 252 g/mol. The second-order valence-corrected chi connectivity index (χ2v) is 4.87. The number of aryl methyl sites for hydroxylation is 2. The number of amides is 1. The third-order valence-electron chi connectivity index (χ3n) is 3.26. The van der Waals surface area contributed by atoms with E-state index in [0.29, 0.717) is 13.1 Å². The molecule has 6 nitrogen and oxygen atoms in total. The summed E-state index contributed by atoms with van der Waals surface area (Å²) in [7, 11) is 0. The van der Waals surface area contributed by atoms with Gasteiger partial charge in [0.25, 0.3) is 0 Å². The number of carbonyl (C=O) groups excluding carboxylic acids is 1. The van der Waals surface area contributed by atoms with Crippen LogP contribution in [0.15, 0.2) is 6.07 Å². The van der Waals surface area contributed by atoms with Gasteiger partial charge in [0.2, 0.25) is 5.91 Å². The molecule has 1 fully saturated rings. The fraction of sp³-hybridized carbons (Fsp3) is 0.667. The first-order valence-electron chi connectivity index (χ1n) is 6.23. The molecule has 0 bridgehead atoms. The number of nitrogens with one attached hydrogen (secondary N) is 2. The van der Waals surface area contributed by atoms with Crippen molar-refractivity contribution in [3.8, 4) is 0 Å². The van der Waals surface area contributed by atoms with Gasteiger partial charge in [-0.3, -0.25) is 9.48 Å². The number of aliphatic hydroxyl groups excluding tert-OH is 1. The lowest BCUT2D eigenvalue weighted by molar-refractivity contribution is -0.122. The van der Waals surface area contributed by atoms with Crippen molar-refractivity contribution in [2.24, 2.45) is 5.92 Å². The number of hydrogen-bond acceptors (Lipinski definition) is 4. The number of rotatable bonds is 4. The lowest BCUT2D eigenvalue weighted by Gasteiger charge is -2.14. The van der Waals surface area contributed by atoms with E-state index in [0.717, 1.165) is 17.9 Å². The van der Waals surface area contributed by atoms with Crippen LogP contribution in [0.1, 0.15) is 11.4 Å². The minimum atomic E-state index is -0.362. The van der Waals surface area contributed by atoms with E-state index in [9.17, 15) is 9.90 Å². The predicted molar refractivity (Wildman–Crippen MR) is 67.1 cm³/mol. The lowest BCUT2D eigenvalue weighted by Crippen LogP contribution is -2.36. The van der Waals surface area contributed by atoms with Crippen LogP contribution in [0.2, 0.25) is 0 Å². The van der Waals surface area contributed by atoms with Gasteiger partial charge >= 0.3 is 0 Å². The van der Waals surface area contributed by atoms with Crippen LogP contribution in [0.25, 0.3) is 0 Å². The van der Waals surface area contributed by atoms with Crippen molar-refractivity contribution >= 4 is 5.91 Å². The van der Waals surface area contributed by atoms with Gasteiger partial charge in [-0.2, -0.15) is 5.10 Å². The van der Waals surface area contributed by atoms with Crippen LogP contribution >= 0.6 is 0 Å². The lowest BCUT2D eigenvalue weighted by atomic mass is 10.1. The van der Waals surface area contributed by atoms with Gasteiger partial charge < -0.3 is 15.7 Å². The quantitative estimate of drug-likeness (QED) is 0.655. The summed E-state index contributed by atoms with van der Waals surface area (Å²) >= 11 is 0. The maximum Gasteiger partial charge on any atom is 0.241 e. The van der Waals surface area contributed by atoms with Crippen LogP contribution in [-0.4, -0.2) is 46.5 Å². The summed E-state index contributed by atoms with van der Waals surface area (Å²) in [6.45, 7) is 5.93. The smallest absolute Gasteiger partial charge is 0.241 e. The summed E-state index contributed by atoms with van der Waals surface area (Å²) in [5.74, 6) is 0.0368. The fourth-order valence-electron chi connectivity index (χ4n) is 2.20. The van der Waals surface area contributed by atoms with Crippen LogP contribution in [0.5, 0.6) is 0 Å². The maximum absolute atomic E-state index is 11.8. The van der Waals surface area contributed by atoms with E-state index >= 15 is 0 Å². The minimum Gasteiger partial charge on any atom is -0.391 e. The van der Waals surface area contributed by atoms with Crippen LogP contribution in [-0.2, 0) is 11.3 Å². The fourth-order valence-corrected chi connectivity index (χ4v) is 2.20. The van der Waals surface area contributed by atoms with Gasteiger partial charge in [-0.25, -0.2) is 0 Å². The predicted octanol–water partition coefficient (Wildman–Crippen LogP) is -0.804. The largest absolute Gasteiger partial charge is 0.391 e. The SMILES string of the molecule is Cc1cc(C)n(CC(=O)NCC2CNCC2O)n1. The number of aliphatic hydroxyl groups is 1. The second-order valence-electron chi connectivity index (χ2n) is 4.87. The van der Waals surface area contributed by atoms with E-state index < -0.39 is 0 Å². The first-order chi connectivity index (χ1) is 8.56. The topological polar surface area (TPSA) is 79.2 Å². The third kappa shape index (κ3) is 3.08. The highest BCUT2D eigenvalue weighted by Crippen LogP contribution is 2.07. The highest BCUT2D eigenvalue weighted by molar-refractivity contribution is 5.75. The van der Waals surface area contributed by atoms with Gasteiger partial charge in [0.1, 0.15) is 6.54 Å². The molecule has 1 aliphatic heterocycles. The Bertz CT molecular complexity index is 430. The molecule has 1 aromatic rings. The Morgan fingerprint density at radius 1 is 1.61 bits per heavy atom. The molecule has 2 rings (SSSR count). The summed E-state index contributed by atoms with van der Waals surface area (Å²) in [6.07, 6.45) is -0.362. The standard InChI is InChI=1S/C12H20N4O2/c1-8-3-9(2)16(15-8)7-12(18)14-5-10-4-13-6-11(10)17/h3,10-11,13,17H,4-7H2,1-2H3,(H,14,18). The molecule has 0 spiro atoms. The van der Waals surface area contributed by atoms with E-state index in [4.69, 9.17) is 0 Å². The molecule has 6 heteroatoms. The molecule has 3 N–H and O–H groups in total. The van der Waals surface area contributed by atoms with Crippen LogP contribution < -0.4 is 10.6 Å². The number of aromatic nitrogens is 2. The van der Waals surface area contributed by atoms with Gasteiger partial charge in [0.05, 0.1) is 11.8 Å². The molecule has 2 atom stereocenters. The van der Waals surface area contributed by atoms with Crippen molar-refractivity contribution in [3.63, 3.8) is 0 Å². The molecule has 1 aromatic heterocycles. The molecule has 2 heterocycles. The second kappa shape index (κ2) is 5.49. The van der Waals surface area contributed by atoms with Crippen LogP contribution in [0, 0.1) is 19.8 Å². The number of hydrogen-bond donors (Lipinski definition) is 3. The zero-order chi connectivity index (χ0) is 13.1. The highest BCUT2D eigenvalue weighted by Gasteiger charge is 2.25. The molecule has 1 saturated heterocycles. The molecular weight excluding hydrogens is 232 g/mol. The first kappa shape index (κ1) is 13.0. The van der Waals surface area contributed by atoms with Crippen LogP contribution in [0.3, 0.4) is 0 Å². The Balaban J connectivity index is 1.80. The third-order valence-corrected chi connectivity index (χ3v) is 3.26. The van der Waals surface area contributed by atoms with E-state index in [1.807, 2.05) is 19.9 Å². The normalized spacial score (nSPS) is 23.3. The van der Waals surface area contributed by atoms with Crippen molar-refractivity contribution in [2.45, 2.75) is 26.5 Å². The number of nitrogens with zero attached hydrogens (tertiary/aromatic N) is 2. The minimum absolute atomic E-state index is 0.0692. The Morgan fingerprint density at radius 3 is 2.94 bits per heavy atom. The number of β-amino-alcohol motifs (C(OH)–C–C–N with tert-alkyl or cyclic N) is 1. The van der Waals surface area contributed by atoms with Gasteiger partial charge in [0, 0.05) is 31.2 Å². The summed E-state index contributed by atoms with van der Waals surface area (Å²) in [5.41, 5.74) is 1.89. The number of carbonyl (C=O) groups is 1. The van der Waals surface area contributed by atoms with E-state index in [2.05, 4.69) is 15.7 Å². The Hall–Kier alpha value is -1.40. The van der Waals surface area contributed by atoms with Crippen molar-refractivity contribution in [1.82, 2.24) is 20.4 Å². The molecule has 0 aliphatic carbocycles. The molecule has 100 valence electrons. The van der Waals surface area contributed by atoms with E-state index in [1.165, 1.54) is 0 Å². The first-order valence-corrected chi connectivity index (χ1v) is 6.23. The zero-order valence-electron chi connectivity index (χ0n) is 10.8. The molecule has 2 unspecified atom stereocenters. The molecule has 1 amide bonds.